The third kappa shape index (κ3) is 13.9. The average Bonchev–Trinajstić information content (AvgIpc) is 2.77. The molecule has 32 heavy (non-hydrogen) atoms. The predicted octanol–water partition coefficient (Wildman–Crippen LogP) is 5.72. The minimum absolute atomic E-state index is 0.230. The number of ether oxygens (including phenoxy) is 2. The molecule has 0 aliphatic carbocycles. The van der Waals surface area contributed by atoms with Gasteiger partial charge in [0, 0.05) is 24.5 Å². The van der Waals surface area contributed by atoms with Crippen LogP contribution in [-0.2, 0) is 9.47 Å². The number of carbonyl (C=O) groups excluding carboxylic acids is 2. The molecule has 2 amide bonds. The number of nitrogens with one attached hydrogen (secondary N) is 2. The number of benzene rings is 1. The molecule has 0 saturated heterocycles. The molecule has 1 aromatic carbocycles. The van der Waals surface area contributed by atoms with E-state index in [1.165, 1.54) is 38.5 Å². The van der Waals surface area contributed by atoms with Crippen LogP contribution >= 0.6 is 0 Å². The first kappa shape index (κ1) is 27.7. The van der Waals surface area contributed by atoms with Gasteiger partial charge in [0.2, 0.25) is 0 Å². The number of hydrogen-bond donors (Lipinski definition) is 2. The maximum absolute atomic E-state index is 12.1. The Labute approximate surface area is 193 Å². The number of unbranched alkanes of at least 4 members (excludes halogenated alkanes) is 6. The highest BCUT2D eigenvalue weighted by atomic mass is 16.6. The summed E-state index contributed by atoms with van der Waals surface area (Å²) in [4.78, 5) is 28.1. The van der Waals surface area contributed by atoms with E-state index in [1.807, 2.05) is 23.9 Å². The van der Waals surface area contributed by atoms with Crippen LogP contribution in [0.3, 0.4) is 0 Å². The highest BCUT2D eigenvalue weighted by Gasteiger charge is 2.09. The third-order valence-corrected chi connectivity index (χ3v) is 4.97. The number of rotatable bonds is 16. The summed E-state index contributed by atoms with van der Waals surface area (Å²) in [6, 6.07) is 6.86. The lowest BCUT2D eigenvalue weighted by Crippen LogP contribution is -2.27. The molecule has 0 atom stereocenters. The number of nitrogens with zero attached hydrogens (tertiary/aromatic N) is 2. The van der Waals surface area contributed by atoms with Gasteiger partial charge in [-0.2, -0.15) is 0 Å². The van der Waals surface area contributed by atoms with Gasteiger partial charge in [-0.1, -0.05) is 58.4 Å². The van der Waals surface area contributed by atoms with E-state index in [4.69, 9.17) is 9.47 Å². The Bertz CT molecular complexity index is 605. The van der Waals surface area contributed by atoms with Gasteiger partial charge >= 0.3 is 12.2 Å². The van der Waals surface area contributed by atoms with Crippen molar-refractivity contribution in [3.8, 4) is 0 Å². The molecule has 0 radical (unpaired) electrons. The van der Waals surface area contributed by atoms with Gasteiger partial charge < -0.3 is 9.47 Å². The number of anilines is 2. The van der Waals surface area contributed by atoms with Crippen molar-refractivity contribution >= 4 is 23.6 Å². The van der Waals surface area contributed by atoms with Crippen molar-refractivity contribution in [3.63, 3.8) is 0 Å². The number of amides is 2. The number of carbonyl (C=O) groups is 2. The highest BCUT2D eigenvalue weighted by Crippen LogP contribution is 2.15. The van der Waals surface area contributed by atoms with E-state index in [-0.39, 0.29) is 13.5 Å². The predicted molar refractivity (Wildman–Crippen MR) is 130 cm³/mol. The Morgan fingerprint density at radius 3 is 1.59 bits per heavy atom. The molecule has 0 saturated carbocycles. The molecule has 0 spiro atoms. The van der Waals surface area contributed by atoms with Crippen LogP contribution < -0.4 is 10.6 Å². The van der Waals surface area contributed by atoms with E-state index in [1.54, 1.807) is 24.3 Å². The van der Waals surface area contributed by atoms with Gasteiger partial charge in [0.05, 0.1) is 0 Å². The molecule has 0 fully saturated rings. The summed E-state index contributed by atoms with van der Waals surface area (Å²) >= 11 is 0. The maximum atomic E-state index is 12.1. The summed E-state index contributed by atoms with van der Waals surface area (Å²) in [7, 11) is 3.86. The van der Waals surface area contributed by atoms with E-state index in [9.17, 15) is 9.59 Å². The normalized spacial score (nSPS) is 10.9. The van der Waals surface area contributed by atoms with Gasteiger partial charge in [-0.25, -0.2) is 9.59 Å². The minimum atomic E-state index is -0.533. The molecule has 0 bridgehead atoms. The molecule has 1 aromatic rings. The molecule has 0 heterocycles. The molecule has 0 unspecified atom stereocenters. The van der Waals surface area contributed by atoms with Crippen molar-refractivity contribution < 1.29 is 19.1 Å². The van der Waals surface area contributed by atoms with Gasteiger partial charge in [0.1, 0.15) is 13.5 Å². The van der Waals surface area contributed by atoms with Crippen LogP contribution in [0, 0.1) is 0 Å². The smallest absolute Gasteiger partial charge is 0.412 e. The lowest BCUT2D eigenvalue weighted by molar-refractivity contribution is 0.0919. The molecule has 8 heteroatoms. The molecular formula is C24H42N4O4. The van der Waals surface area contributed by atoms with Crippen LogP contribution in [0.25, 0.3) is 0 Å². The summed E-state index contributed by atoms with van der Waals surface area (Å²) in [6.45, 7) is 6.60. The monoisotopic (exact) mass is 450 g/mol. The molecule has 1 rings (SSSR count). The van der Waals surface area contributed by atoms with Gasteiger partial charge in [0.15, 0.2) is 0 Å². The van der Waals surface area contributed by atoms with Gasteiger partial charge in [-0.3, -0.25) is 20.4 Å². The molecule has 2 N–H and O–H groups in total. The van der Waals surface area contributed by atoms with Crippen molar-refractivity contribution in [2.24, 2.45) is 0 Å². The van der Waals surface area contributed by atoms with Crippen LogP contribution in [0.2, 0.25) is 0 Å². The van der Waals surface area contributed by atoms with Gasteiger partial charge in [0.25, 0.3) is 0 Å². The molecule has 0 aromatic heterocycles. The van der Waals surface area contributed by atoms with Crippen LogP contribution in [0.5, 0.6) is 0 Å². The van der Waals surface area contributed by atoms with Crippen molar-refractivity contribution in [2.45, 2.75) is 65.2 Å². The lowest BCUT2D eigenvalue weighted by atomic mass is 10.2. The second-order valence-corrected chi connectivity index (χ2v) is 8.23. The quantitative estimate of drug-likeness (QED) is 0.247. The van der Waals surface area contributed by atoms with E-state index in [0.717, 1.165) is 25.9 Å². The van der Waals surface area contributed by atoms with Crippen LogP contribution in [0.15, 0.2) is 24.3 Å². The van der Waals surface area contributed by atoms with Crippen LogP contribution in [-0.4, -0.2) is 62.6 Å². The topological polar surface area (TPSA) is 83.1 Å². The standard InChI is InChI=1S/C24H42N4O4/c1-5-7-9-11-16-27(3)19-31-23(29)25-21-14-13-15-22(18-21)26-24(30)32-20-28(4)17-12-10-8-6-2/h13-15,18H,5-12,16-17,19-20H2,1-4H3,(H,25,29)(H,26,30). The first-order valence-corrected chi connectivity index (χ1v) is 11.8. The van der Waals surface area contributed by atoms with Gasteiger partial charge in [-0.05, 0) is 45.1 Å². The Balaban J connectivity index is 2.31. The highest BCUT2D eigenvalue weighted by molar-refractivity contribution is 5.88. The van der Waals surface area contributed by atoms with E-state index in [2.05, 4.69) is 24.5 Å². The SMILES string of the molecule is CCCCCCN(C)COC(=O)Nc1cccc(NC(=O)OCN(C)CCCCCC)c1. The summed E-state index contributed by atoms with van der Waals surface area (Å²) < 4.78 is 10.5. The van der Waals surface area contributed by atoms with E-state index < -0.39 is 12.2 Å². The third-order valence-electron chi connectivity index (χ3n) is 4.97. The molecule has 0 aliphatic heterocycles. The zero-order valence-corrected chi connectivity index (χ0v) is 20.3. The Kier molecular flexibility index (Phi) is 14.9. The lowest BCUT2D eigenvalue weighted by Gasteiger charge is -2.17. The molecular weight excluding hydrogens is 408 g/mol. The number of hydrogen-bond acceptors (Lipinski definition) is 6. The summed E-state index contributed by atoms with van der Waals surface area (Å²) in [5.74, 6) is 0. The molecule has 8 nitrogen and oxygen atoms in total. The first-order valence-electron chi connectivity index (χ1n) is 11.8. The van der Waals surface area contributed by atoms with Gasteiger partial charge in [-0.15, -0.1) is 0 Å². The largest absolute Gasteiger partial charge is 0.433 e. The summed E-state index contributed by atoms with van der Waals surface area (Å²) in [5, 5.41) is 5.37. The second kappa shape index (κ2) is 17.3. The fourth-order valence-corrected chi connectivity index (χ4v) is 3.07. The average molecular weight is 451 g/mol. The summed E-state index contributed by atoms with van der Waals surface area (Å²) in [6.07, 6.45) is 8.33. The minimum Gasteiger partial charge on any atom is -0.433 e. The Morgan fingerprint density at radius 2 is 1.19 bits per heavy atom. The first-order chi connectivity index (χ1) is 15.4. The van der Waals surface area contributed by atoms with E-state index >= 15 is 0 Å². The fraction of sp³-hybridized carbons (Fsp3) is 0.667. The molecule has 182 valence electrons. The Morgan fingerprint density at radius 1 is 0.750 bits per heavy atom. The van der Waals surface area contributed by atoms with Crippen molar-refractivity contribution in [1.82, 2.24) is 9.80 Å². The van der Waals surface area contributed by atoms with Crippen molar-refractivity contribution in [3.05, 3.63) is 24.3 Å². The maximum Gasteiger partial charge on any atom is 0.412 e. The zero-order valence-electron chi connectivity index (χ0n) is 20.3. The summed E-state index contributed by atoms with van der Waals surface area (Å²) in [5.41, 5.74) is 1.07. The van der Waals surface area contributed by atoms with Crippen LogP contribution in [0.1, 0.15) is 65.2 Å². The fourth-order valence-electron chi connectivity index (χ4n) is 3.07. The molecule has 0 aliphatic rings. The van der Waals surface area contributed by atoms with E-state index in [0.29, 0.717) is 11.4 Å². The van der Waals surface area contributed by atoms with Crippen molar-refractivity contribution in [1.29, 1.82) is 0 Å². The zero-order chi connectivity index (χ0) is 23.6. The Hall–Kier alpha value is -2.32. The van der Waals surface area contributed by atoms with Crippen molar-refractivity contribution in [2.75, 3.05) is 51.3 Å². The van der Waals surface area contributed by atoms with Crippen LogP contribution in [0.4, 0.5) is 21.0 Å². The second-order valence-electron chi connectivity index (χ2n) is 8.23.